The number of carbonyl (C=O) groups is 2. The lowest BCUT2D eigenvalue weighted by atomic mass is 9.88. The molecule has 30 heavy (non-hydrogen) atoms. The van der Waals surface area contributed by atoms with Gasteiger partial charge >= 0.3 is 5.97 Å². The zero-order chi connectivity index (χ0) is 21.5. The molecule has 1 saturated heterocycles. The van der Waals surface area contributed by atoms with Crippen LogP contribution in [0.5, 0.6) is 11.5 Å². The molecule has 0 radical (unpaired) electrons. The summed E-state index contributed by atoms with van der Waals surface area (Å²) in [6, 6.07) is 4.63. The molecule has 2 atom stereocenters. The monoisotopic (exact) mass is 435 g/mol. The van der Waals surface area contributed by atoms with E-state index in [1.165, 1.54) is 19.3 Å². The van der Waals surface area contributed by atoms with Crippen LogP contribution in [0.1, 0.15) is 62.2 Å². The molecule has 7 heteroatoms. The molecule has 1 aliphatic carbocycles. The van der Waals surface area contributed by atoms with E-state index in [0.29, 0.717) is 35.3 Å². The summed E-state index contributed by atoms with van der Waals surface area (Å²) in [7, 11) is 3.12. The first-order chi connectivity index (χ1) is 14.6. The number of esters is 1. The van der Waals surface area contributed by atoms with Gasteiger partial charge < -0.3 is 19.1 Å². The third kappa shape index (κ3) is 5.05. The average Bonchev–Trinajstić information content (AvgIpc) is 3.24. The van der Waals surface area contributed by atoms with Crippen LogP contribution in [-0.4, -0.2) is 54.8 Å². The van der Waals surface area contributed by atoms with Gasteiger partial charge in [-0.05, 0) is 37.3 Å². The Labute approximate surface area is 183 Å². The maximum absolute atomic E-state index is 13.7. The molecule has 0 N–H and O–H groups in total. The van der Waals surface area contributed by atoms with E-state index in [2.05, 4.69) is 6.92 Å². The maximum Gasteiger partial charge on any atom is 0.329 e. The number of hydrogen-bond donors (Lipinski definition) is 0. The largest absolute Gasteiger partial charge is 0.497 e. The molecule has 1 heterocycles. The van der Waals surface area contributed by atoms with Crippen LogP contribution in [0.3, 0.4) is 0 Å². The summed E-state index contributed by atoms with van der Waals surface area (Å²) in [6.07, 6.45) is 7.59. The van der Waals surface area contributed by atoms with Gasteiger partial charge in [-0.2, -0.15) is 0 Å². The fraction of sp³-hybridized carbons (Fsp3) is 0.652. The number of ether oxygens (including phenoxy) is 3. The molecule has 2 aliphatic rings. The van der Waals surface area contributed by atoms with Crippen molar-refractivity contribution in [3.63, 3.8) is 0 Å². The van der Waals surface area contributed by atoms with Gasteiger partial charge in [0.25, 0.3) is 5.91 Å². The van der Waals surface area contributed by atoms with Crippen molar-refractivity contribution < 1.29 is 23.8 Å². The van der Waals surface area contributed by atoms with E-state index in [1.54, 1.807) is 49.1 Å². The highest BCUT2D eigenvalue weighted by atomic mass is 32.2. The number of unbranched alkanes of at least 4 members (excludes halogenated alkanes) is 1. The molecule has 1 saturated carbocycles. The van der Waals surface area contributed by atoms with Gasteiger partial charge in [0.1, 0.15) is 17.5 Å². The molecular formula is C23H33NO5S. The number of hydrogen-bond acceptors (Lipinski definition) is 6. The maximum atomic E-state index is 13.7. The van der Waals surface area contributed by atoms with Gasteiger partial charge in [0.15, 0.2) is 0 Å². The van der Waals surface area contributed by atoms with Crippen LogP contribution in [0.15, 0.2) is 18.2 Å². The van der Waals surface area contributed by atoms with E-state index < -0.39 is 6.04 Å². The van der Waals surface area contributed by atoms with Gasteiger partial charge in [0.2, 0.25) is 0 Å². The summed E-state index contributed by atoms with van der Waals surface area (Å²) in [5, 5.41) is -0.00617. The van der Waals surface area contributed by atoms with Gasteiger partial charge in [-0.15, -0.1) is 11.8 Å². The first kappa shape index (κ1) is 22.8. The third-order valence-corrected chi connectivity index (χ3v) is 7.44. The van der Waals surface area contributed by atoms with Crippen molar-refractivity contribution in [2.45, 2.75) is 63.3 Å². The van der Waals surface area contributed by atoms with Crippen molar-refractivity contribution in [2.24, 2.45) is 5.92 Å². The number of benzene rings is 1. The first-order valence-electron chi connectivity index (χ1n) is 10.9. The molecule has 0 aromatic heterocycles. The van der Waals surface area contributed by atoms with E-state index in [1.807, 2.05) is 0 Å². The van der Waals surface area contributed by atoms with Gasteiger partial charge in [-0.25, -0.2) is 4.79 Å². The minimum absolute atomic E-state index is 0.00617. The van der Waals surface area contributed by atoms with E-state index in [-0.39, 0.29) is 17.3 Å². The zero-order valence-electron chi connectivity index (χ0n) is 18.2. The quantitative estimate of drug-likeness (QED) is 0.442. The molecular weight excluding hydrogens is 402 g/mol. The molecule has 1 aromatic rings. The van der Waals surface area contributed by atoms with Crippen LogP contribution >= 0.6 is 11.8 Å². The van der Waals surface area contributed by atoms with Crippen LogP contribution in [0, 0.1) is 5.92 Å². The highest BCUT2D eigenvalue weighted by Crippen LogP contribution is 2.42. The average molecular weight is 436 g/mol. The Hall–Kier alpha value is -1.89. The lowest BCUT2D eigenvalue weighted by Gasteiger charge is -2.35. The lowest BCUT2D eigenvalue weighted by Crippen LogP contribution is -2.48. The molecule has 1 aliphatic heterocycles. The van der Waals surface area contributed by atoms with Gasteiger partial charge in [0.05, 0.1) is 31.8 Å². The Morgan fingerprint density at radius 1 is 1.13 bits per heavy atom. The molecule has 3 rings (SSSR count). The van der Waals surface area contributed by atoms with Crippen molar-refractivity contribution in [2.75, 3.05) is 26.6 Å². The second-order valence-electron chi connectivity index (χ2n) is 7.94. The second kappa shape index (κ2) is 10.9. The zero-order valence-corrected chi connectivity index (χ0v) is 19.0. The first-order valence-corrected chi connectivity index (χ1v) is 12.0. The minimum atomic E-state index is -0.557. The molecule has 6 nitrogen and oxygen atoms in total. The number of amides is 1. The van der Waals surface area contributed by atoms with Gasteiger partial charge in [0, 0.05) is 11.8 Å². The highest BCUT2D eigenvalue weighted by Gasteiger charge is 2.46. The predicted octanol–water partition coefficient (Wildman–Crippen LogP) is 4.51. The van der Waals surface area contributed by atoms with E-state index >= 15 is 0 Å². The fourth-order valence-corrected chi connectivity index (χ4v) is 5.90. The summed E-state index contributed by atoms with van der Waals surface area (Å²) >= 11 is 1.72. The molecule has 1 aromatic carbocycles. The topological polar surface area (TPSA) is 65.1 Å². The van der Waals surface area contributed by atoms with Crippen LogP contribution in [-0.2, 0) is 9.53 Å². The Morgan fingerprint density at radius 3 is 2.57 bits per heavy atom. The number of rotatable bonds is 8. The summed E-state index contributed by atoms with van der Waals surface area (Å²) in [5.74, 6) is 1.60. The van der Waals surface area contributed by atoms with Gasteiger partial charge in [-0.1, -0.05) is 32.6 Å². The van der Waals surface area contributed by atoms with Crippen LogP contribution in [0.2, 0.25) is 0 Å². The van der Waals surface area contributed by atoms with Crippen molar-refractivity contribution >= 4 is 23.6 Å². The Balaban J connectivity index is 1.88. The van der Waals surface area contributed by atoms with Crippen molar-refractivity contribution in [1.29, 1.82) is 0 Å². The van der Waals surface area contributed by atoms with E-state index in [4.69, 9.17) is 14.2 Å². The molecule has 166 valence electrons. The summed E-state index contributed by atoms with van der Waals surface area (Å²) in [6.45, 7) is 2.46. The van der Waals surface area contributed by atoms with Crippen molar-refractivity contribution in [3.05, 3.63) is 23.8 Å². The van der Waals surface area contributed by atoms with Crippen LogP contribution < -0.4 is 9.47 Å². The molecule has 1 amide bonds. The fourth-order valence-electron chi connectivity index (χ4n) is 4.28. The van der Waals surface area contributed by atoms with E-state index in [9.17, 15) is 9.59 Å². The highest BCUT2D eigenvalue weighted by molar-refractivity contribution is 8.00. The second-order valence-corrected chi connectivity index (χ2v) is 9.09. The Bertz CT molecular complexity index is 734. The Morgan fingerprint density at radius 2 is 1.90 bits per heavy atom. The smallest absolute Gasteiger partial charge is 0.329 e. The lowest BCUT2D eigenvalue weighted by molar-refractivity contribution is -0.148. The number of methoxy groups -OCH3 is 2. The standard InChI is InChI=1S/C23H33NO5S/c1-4-5-13-29-23(26)19-15-30-22(16-9-7-6-8-10-16)24(19)21(25)18-12-11-17(27-2)14-20(18)28-3/h11-12,14,16,19,22H,4-10,13,15H2,1-3H3. The van der Waals surface area contributed by atoms with Crippen LogP contribution in [0.25, 0.3) is 0 Å². The summed E-state index contributed by atoms with van der Waals surface area (Å²) in [5.41, 5.74) is 0.452. The summed E-state index contributed by atoms with van der Waals surface area (Å²) < 4.78 is 16.3. The predicted molar refractivity (Wildman–Crippen MR) is 118 cm³/mol. The van der Waals surface area contributed by atoms with E-state index in [0.717, 1.165) is 25.7 Å². The molecule has 0 bridgehead atoms. The molecule has 0 spiro atoms. The number of thioether (sulfide) groups is 1. The van der Waals surface area contributed by atoms with Crippen LogP contribution in [0.4, 0.5) is 0 Å². The van der Waals surface area contributed by atoms with Crippen molar-refractivity contribution in [3.8, 4) is 11.5 Å². The van der Waals surface area contributed by atoms with Crippen molar-refractivity contribution in [1.82, 2.24) is 4.90 Å². The SMILES string of the molecule is CCCCOC(=O)C1CSC(C2CCCCC2)N1C(=O)c1ccc(OC)cc1OC. The number of nitrogens with zero attached hydrogens (tertiary/aromatic N) is 1. The molecule has 2 fully saturated rings. The molecule has 2 unspecified atom stereocenters. The van der Waals surface area contributed by atoms with Gasteiger partial charge in [-0.3, -0.25) is 4.79 Å². The minimum Gasteiger partial charge on any atom is -0.497 e. The normalized spacial score (nSPS) is 22.0. The third-order valence-electron chi connectivity index (χ3n) is 5.98. The Kier molecular flexibility index (Phi) is 8.31. The number of carbonyl (C=O) groups excluding carboxylic acids is 2. The summed E-state index contributed by atoms with van der Waals surface area (Å²) in [4.78, 5) is 28.4.